The highest BCUT2D eigenvalue weighted by Gasteiger charge is 2.30. The van der Waals surface area contributed by atoms with Crippen molar-refractivity contribution in [1.29, 1.82) is 0 Å². The lowest BCUT2D eigenvalue weighted by atomic mass is 10.1. The second-order valence-electron chi connectivity index (χ2n) is 4.20. The van der Waals surface area contributed by atoms with E-state index >= 15 is 0 Å². The molecule has 0 fully saturated rings. The minimum absolute atomic E-state index is 0.418. The number of benzene rings is 1. The molecule has 1 unspecified atom stereocenters. The zero-order valence-corrected chi connectivity index (χ0v) is 10.5. The van der Waals surface area contributed by atoms with E-state index in [-0.39, 0.29) is 0 Å². The first kappa shape index (κ1) is 11.3. The van der Waals surface area contributed by atoms with Crippen LogP contribution in [-0.4, -0.2) is 29.9 Å². The Bertz CT molecular complexity index is 445. The monoisotopic (exact) mass is 237 g/mol. The largest absolute Gasteiger partial charge is 0.480 e. The maximum absolute atomic E-state index is 11.1. The van der Waals surface area contributed by atoms with Gasteiger partial charge >= 0.3 is 5.97 Å². The van der Waals surface area contributed by atoms with Crippen LogP contribution in [0.3, 0.4) is 0 Å². The lowest BCUT2D eigenvalue weighted by molar-refractivity contribution is -0.138. The molecule has 0 bridgehead atoms. The first-order valence-corrected chi connectivity index (χ1v) is 6.19. The van der Waals surface area contributed by atoms with E-state index < -0.39 is 12.0 Å². The van der Waals surface area contributed by atoms with Gasteiger partial charge in [-0.15, -0.1) is 11.8 Å². The molecule has 0 aromatic heterocycles. The Hall–Kier alpha value is -1.16. The summed E-state index contributed by atoms with van der Waals surface area (Å²) in [5, 5.41) is 9.12. The van der Waals surface area contributed by atoms with Crippen LogP contribution in [-0.2, 0) is 4.79 Å². The topological polar surface area (TPSA) is 40.5 Å². The number of fused-ring (bicyclic) bond motifs is 1. The Labute approximate surface area is 99.5 Å². The maximum Gasteiger partial charge on any atom is 0.327 e. The van der Waals surface area contributed by atoms with Gasteiger partial charge in [-0.1, -0.05) is 6.07 Å². The molecular formula is C12H15NO2S. The quantitative estimate of drug-likeness (QED) is 0.813. The number of carbonyl (C=O) groups is 1. The molecule has 1 aliphatic rings. The van der Waals surface area contributed by atoms with Gasteiger partial charge in [0.1, 0.15) is 6.04 Å². The van der Waals surface area contributed by atoms with Crippen LogP contribution in [0, 0.1) is 13.8 Å². The van der Waals surface area contributed by atoms with E-state index in [0.717, 1.165) is 11.3 Å². The molecule has 86 valence electrons. The van der Waals surface area contributed by atoms with Gasteiger partial charge in [-0.3, -0.25) is 0 Å². The minimum Gasteiger partial charge on any atom is -0.480 e. The zero-order chi connectivity index (χ0) is 11.9. The summed E-state index contributed by atoms with van der Waals surface area (Å²) in [6.45, 7) is 4.10. The summed E-state index contributed by atoms with van der Waals surface area (Å²) in [5.74, 6) is -0.137. The summed E-state index contributed by atoms with van der Waals surface area (Å²) in [5.41, 5.74) is 3.44. The van der Waals surface area contributed by atoms with Crippen molar-refractivity contribution < 1.29 is 9.90 Å². The van der Waals surface area contributed by atoms with Gasteiger partial charge in [0.05, 0.1) is 5.69 Å². The van der Waals surface area contributed by atoms with Crippen LogP contribution in [0.5, 0.6) is 0 Å². The third-order valence-corrected chi connectivity index (χ3v) is 4.02. The van der Waals surface area contributed by atoms with Crippen LogP contribution in [0.1, 0.15) is 11.1 Å². The smallest absolute Gasteiger partial charge is 0.327 e. The SMILES string of the molecule is Cc1cc(C)c2c(c1)SCC(C(=O)O)N2C. The van der Waals surface area contributed by atoms with E-state index in [1.807, 2.05) is 18.9 Å². The van der Waals surface area contributed by atoms with Gasteiger partial charge in [-0.2, -0.15) is 0 Å². The second kappa shape index (κ2) is 4.01. The van der Waals surface area contributed by atoms with Gasteiger partial charge in [0, 0.05) is 17.7 Å². The molecule has 4 heteroatoms. The average Bonchev–Trinajstić information content (AvgIpc) is 2.15. The van der Waals surface area contributed by atoms with E-state index in [9.17, 15) is 4.79 Å². The lowest BCUT2D eigenvalue weighted by Gasteiger charge is -2.34. The molecule has 0 aliphatic carbocycles. The summed E-state index contributed by atoms with van der Waals surface area (Å²) in [6.07, 6.45) is 0. The van der Waals surface area contributed by atoms with Crippen molar-refractivity contribution in [1.82, 2.24) is 0 Å². The molecule has 0 spiro atoms. The molecule has 1 aromatic carbocycles. The number of nitrogens with zero attached hydrogens (tertiary/aromatic N) is 1. The molecule has 0 saturated carbocycles. The molecule has 1 aromatic rings. The van der Waals surface area contributed by atoms with E-state index in [0.29, 0.717) is 5.75 Å². The van der Waals surface area contributed by atoms with Gasteiger partial charge in [-0.05, 0) is 31.0 Å². The van der Waals surface area contributed by atoms with Crippen LogP contribution >= 0.6 is 11.8 Å². The number of carboxylic acids is 1. The van der Waals surface area contributed by atoms with Crippen LogP contribution in [0.2, 0.25) is 0 Å². The summed E-state index contributed by atoms with van der Waals surface area (Å²) in [7, 11) is 1.86. The molecule has 1 heterocycles. The zero-order valence-electron chi connectivity index (χ0n) is 9.65. The van der Waals surface area contributed by atoms with Crippen molar-refractivity contribution in [2.75, 3.05) is 17.7 Å². The number of anilines is 1. The number of hydrogen-bond acceptors (Lipinski definition) is 3. The van der Waals surface area contributed by atoms with Gasteiger partial charge in [0.25, 0.3) is 0 Å². The molecule has 0 amide bonds. The number of aryl methyl sites for hydroxylation is 2. The van der Waals surface area contributed by atoms with E-state index in [4.69, 9.17) is 5.11 Å². The fourth-order valence-corrected chi connectivity index (χ4v) is 3.57. The van der Waals surface area contributed by atoms with Crippen LogP contribution in [0.25, 0.3) is 0 Å². The van der Waals surface area contributed by atoms with Crippen molar-refractivity contribution in [2.45, 2.75) is 24.8 Å². The Balaban J connectivity index is 2.48. The van der Waals surface area contributed by atoms with Crippen molar-refractivity contribution in [3.05, 3.63) is 23.3 Å². The fraction of sp³-hybridized carbons (Fsp3) is 0.417. The highest BCUT2D eigenvalue weighted by molar-refractivity contribution is 7.99. The highest BCUT2D eigenvalue weighted by atomic mass is 32.2. The first-order chi connectivity index (χ1) is 7.50. The molecule has 1 atom stereocenters. The van der Waals surface area contributed by atoms with Crippen LogP contribution < -0.4 is 4.90 Å². The normalized spacial score (nSPS) is 19.4. The van der Waals surface area contributed by atoms with Crippen molar-refractivity contribution >= 4 is 23.4 Å². The number of likely N-dealkylation sites (N-methyl/N-ethyl adjacent to an activating group) is 1. The van der Waals surface area contributed by atoms with Crippen molar-refractivity contribution in [3.8, 4) is 0 Å². The number of rotatable bonds is 1. The van der Waals surface area contributed by atoms with Crippen LogP contribution in [0.4, 0.5) is 5.69 Å². The van der Waals surface area contributed by atoms with Gasteiger partial charge < -0.3 is 10.0 Å². The predicted molar refractivity (Wildman–Crippen MR) is 66.5 cm³/mol. The molecule has 0 radical (unpaired) electrons. The fourth-order valence-electron chi connectivity index (χ4n) is 2.16. The molecule has 2 rings (SSSR count). The molecule has 3 nitrogen and oxygen atoms in total. The molecule has 1 N–H and O–H groups in total. The Morgan fingerprint density at radius 2 is 2.19 bits per heavy atom. The van der Waals surface area contributed by atoms with E-state index in [2.05, 4.69) is 19.1 Å². The molecule has 1 aliphatic heterocycles. The summed E-state index contributed by atoms with van der Waals surface area (Å²) in [6, 6.07) is 3.81. The van der Waals surface area contributed by atoms with Gasteiger partial charge in [0.15, 0.2) is 0 Å². The first-order valence-electron chi connectivity index (χ1n) is 5.20. The number of hydrogen-bond donors (Lipinski definition) is 1. The van der Waals surface area contributed by atoms with E-state index in [1.165, 1.54) is 10.5 Å². The maximum atomic E-state index is 11.1. The summed E-state index contributed by atoms with van der Waals surface area (Å²) >= 11 is 1.63. The van der Waals surface area contributed by atoms with E-state index in [1.54, 1.807) is 11.8 Å². The predicted octanol–water partition coefficient (Wildman–Crippen LogP) is 2.30. The van der Waals surface area contributed by atoms with Crippen molar-refractivity contribution in [2.24, 2.45) is 0 Å². The number of aliphatic carboxylic acids is 1. The Kier molecular flexibility index (Phi) is 2.84. The summed E-state index contributed by atoms with van der Waals surface area (Å²) < 4.78 is 0. The molecular weight excluding hydrogens is 222 g/mol. The third-order valence-electron chi connectivity index (χ3n) is 2.91. The number of thioether (sulfide) groups is 1. The van der Waals surface area contributed by atoms with Gasteiger partial charge in [0.2, 0.25) is 0 Å². The van der Waals surface area contributed by atoms with Crippen LogP contribution in [0.15, 0.2) is 17.0 Å². The molecule has 16 heavy (non-hydrogen) atoms. The molecule has 0 saturated heterocycles. The lowest BCUT2D eigenvalue weighted by Crippen LogP contribution is -2.43. The minimum atomic E-state index is -0.749. The van der Waals surface area contributed by atoms with Crippen molar-refractivity contribution in [3.63, 3.8) is 0 Å². The second-order valence-corrected chi connectivity index (χ2v) is 5.27. The highest BCUT2D eigenvalue weighted by Crippen LogP contribution is 2.39. The third kappa shape index (κ3) is 1.78. The summed E-state index contributed by atoms with van der Waals surface area (Å²) in [4.78, 5) is 14.2. The Morgan fingerprint density at radius 3 is 2.81 bits per heavy atom. The Morgan fingerprint density at radius 1 is 1.50 bits per heavy atom. The van der Waals surface area contributed by atoms with Gasteiger partial charge in [-0.25, -0.2) is 4.79 Å². The number of carboxylic acid groups (broad SMARTS) is 1. The standard InChI is InChI=1S/C12H15NO2S/c1-7-4-8(2)11-10(5-7)16-6-9(12(14)15)13(11)3/h4-5,9H,6H2,1-3H3,(H,14,15). The average molecular weight is 237 g/mol.